The number of hydrogen-bond acceptors (Lipinski definition) is 5. The number of para-hydroxylation sites is 3. The van der Waals surface area contributed by atoms with Crippen molar-refractivity contribution in [2.24, 2.45) is 0 Å². The summed E-state index contributed by atoms with van der Waals surface area (Å²) in [6.07, 6.45) is 3.02. The standard InChI is InChI=1S/C23H25N3O4S/c1-30-18-11-5-3-9-16(18)24-20(27)15-26-17-10-4-6-12-19(17)31-21(23(26)29)22(28)25-13-7-2-8-14-25/h3-6,9-12,21H,2,7-8,13-15H2,1H3,(H,24,27). The van der Waals surface area contributed by atoms with Crippen molar-refractivity contribution in [3.63, 3.8) is 0 Å². The largest absolute Gasteiger partial charge is 0.495 e. The van der Waals surface area contributed by atoms with E-state index >= 15 is 0 Å². The van der Waals surface area contributed by atoms with Crippen LogP contribution in [0.5, 0.6) is 5.75 Å². The molecule has 0 aromatic heterocycles. The molecule has 0 radical (unpaired) electrons. The highest BCUT2D eigenvalue weighted by molar-refractivity contribution is 8.01. The Morgan fingerprint density at radius 1 is 1.06 bits per heavy atom. The van der Waals surface area contributed by atoms with E-state index in [1.807, 2.05) is 24.3 Å². The average molecular weight is 440 g/mol. The van der Waals surface area contributed by atoms with Crippen molar-refractivity contribution in [1.29, 1.82) is 0 Å². The molecule has 0 aliphatic carbocycles. The van der Waals surface area contributed by atoms with Crippen LogP contribution in [0.1, 0.15) is 19.3 Å². The van der Waals surface area contributed by atoms with Crippen LogP contribution in [0.2, 0.25) is 0 Å². The molecule has 8 heteroatoms. The predicted molar refractivity (Wildman–Crippen MR) is 120 cm³/mol. The van der Waals surface area contributed by atoms with E-state index < -0.39 is 5.25 Å². The Balaban J connectivity index is 1.55. The van der Waals surface area contributed by atoms with Crippen molar-refractivity contribution in [3.05, 3.63) is 48.5 Å². The molecule has 0 spiro atoms. The number of benzene rings is 2. The van der Waals surface area contributed by atoms with Gasteiger partial charge < -0.3 is 19.9 Å². The molecule has 0 bridgehead atoms. The van der Waals surface area contributed by atoms with E-state index in [2.05, 4.69) is 5.32 Å². The van der Waals surface area contributed by atoms with E-state index in [0.29, 0.717) is 30.2 Å². The van der Waals surface area contributed by atoms with Crippen LogP contribution < -0.4 is 15.0 Å². The minimum atomic E-state index is -0.868. The number of likely N-dealkylation sites (tertiary alicyclic amines) is 1. The predicted octanol–water partition coefficient (Wildman–Crippen LogP) is 3.15. The van der Waals surface area contributed by atoms with Crippen molar-refractivity contribution >= 4 is 40.9 Å². The van der Waals surface area contributed by atoms with Gasteiger partial charge in [0.1, 0.15) is 12.3 Å². The lowest BCUT2D eigenvalue weighted by atomic mass is 10.1. The van der Waals surface area contributed by atoms with Crippen LogP contribution in [0, 0.1) is 0 Å². The van der Waals surface area contributed by atoms with Crippen molar-refractivity contribution < 1.29 is 19.1 Å². The fraction of sp³-hybridized carbons (Fsp3) is 0.348. The number of ether oxygens (including phenoxy) is 1. The van der Waals surface area contributed by atoms with Gasteiger partial charge in [0.2, 0.25) is 11.8 Å². The van der Waals surface area contributed by atoms with Gasteiger partial charge >= 0.3 is 0 Å². The Kier molecular flexibility index (Phi) is 6.46. The highest BCUT2D eigenvalue weighted by atomic mass is 32.2. The molecule has 2 aromatic rings. The molecule has 1 N–H and O–H groups in total. The van der Waals surface area contributed by atoms with Crippen LogP contribution in [0.15, 0.2) is 53.4 Å². The summed E-state index contributed by atoms with van der Waals surface area (Å²) < 4.78 is 5.28. The third-order valence-corrected chi connectivity index (χ3v) is 6.70. The highest BCUT2D eigenvalue weighted by Crippen LogP contribution is 2.40. The molecule has 1 saturated heterocycles. The lowest BCUT2D eigenvalue weighted by Crippen LogP contribution is -2.52. The zero-order valence-corrected chi connectivity index (χ0v) is 18.2. The molecular weight excluding hydrogens is 414 g/mol. The van der Waals surface area contributed by atoms with Gasteiger partial charge in [0.05, 0.1) is 18.5 Å². The SMILES string of the molecule is COc1ccccc1NC(=O)CN1C(=O)C(C(=O)N2CCCCC2)Sc2ccccc21. The molecule has 0 saturated carbocycles. The Hall–Kier alpha value is -3.00. The second kappa shape index (κ2) is 9.43. The van der Waals surface area contributed by atoms with Crippen molar-refractivity contribution in [2.45, 2.75) is 29.4 Å². The van der Waals surface area contributed by atoms with Crippen LogP contribution in [-0.4, -0.2) is 54.6 Å². The Bertz CT molecular complexity index is 990. The van der Waals surface area contributed by atoms with Crippen LogP contribution in [0.3, 0.4) is 0 Å². The van der Waals surface area contributed by atoms with Gasteiger partial charge in [0, 0.05) is 18.0 Å². The molecule has 2 aromatic carbocycles. The van der Waals surface area contributed by atoms with Crippen LogP contribution in [0.4, 0.5) is 11.4 Å². The lowest BCUT2D eigenvalue weighted by molar-refractivity contribution is -0.135. The topological polar surface area (TPSA) is 79.0 Å². The number of carbonyl (C=O) groups excluding carboxylic acids is 3. The number of carbonyl (C=O) groups is 3. The molecular formula is C23H25N3O4S. The molecule has 2 aliphatic heterocycles. The van der Waals surface area contributed by atoms with E-state index in [9.17, 15) is 14.4 Å². The molecule has 1 unspecified atom stereocenters. The molecule has 7 nitrogen and oxygen atoms in total. The van der Waals surface area contributed by atoms with Crippen LogP contribution in [0.25, 0.3) is 0 Å². The number of rotatable bonds is 5. The summed E-state index contributed by atoms with van der Waals surface area (Å²) in [7, 11) is 1.53. The minimum absolute atomic E-state index is 0.167. The third-order valence-electron chi connectivity index (χ3n) is 5.47. The molecule has 3 amide bonds. The fourth-order valence-corrected chi connectivity index (χ4v) is 5.09. The maximum absolute atomic E-state index is 13.3. The van der Waals surface area contributed by atoms with E-state index in [4.69, 9.17) is 4.74 Å². The zero-order chi connectivity index (χ0) is 21.8. The van der Waals surface area contributed by atoms with Gasteiger partial charge in [-0.25, -0.2) is 0 Å². The maximum atomic E-state index is 13.3. The number of nitrogens with zero attached hydrogens (tertiary/aromatic N) is 2. The number of hydrogen-bond donors (Lipinski definition) is 1. The second-order valence-corrected chi connectivity index (χ2v) is 8.67. The summed E-state index contributed by atoms with van der Waals surface area (Å²) in [6, 6.07) is 14.5. The summed E-state index contributed by atoms with van der Waals surface area (Å²) >= 11 is 1.27. The Morgan fingerprint density at radius 3 is 2.55 bits per heavy atom. The molecule has 2 aliphatic rings. The first kappa shape index (κ1) is 21.2. The fourth-order valence-electron chi connectivity index (χ4n) is 3.90. The van der Waals surface area contributed by atoms with Crippen LogP contribution >= 0.6 is 11.8 Å². The number of anilines is 2. The number of nitrogens with one attached hydrogen (secondary N) is 1. The van der Waals surface area contributed by atoms with Crippen molar-refractivity contribution in [2.75, 3.05) is 37.0 Å². The van der Waals surface area contributed by atoms with Gasteiger partial charge in [-0.05, 0) is 43.5 Å². The Labute approximate surface area is 185 Å². The average Bonchev–Trinajstić information content (AvgIpc) is 2.81. The summed E-state index contributed by atoms with van der Waals surface area (Å²) in [6.45, 7) is 1.18. The number of methoxy groups -OCH3 is 1. The maximum Gasteiger partial charge on any atom is 0.250 e. The summed E-state index contributed by atoms with van der Waals surface area (Å²) in [5, 5.41) is 1.94. The molecule has 2 heterocycles. The molecule has 4 rings (SSSR count). The van der Waals surface area contributed by atoms with Crippen molar-refractivity contribution in [1.82, 2.24) is 4.90 Å². The van der Waals surface area contributed by atoms with Gasteiger partial charge in [-0.1, -0.05) is 24.3 Å². The lowest BCUT2D eigenvalue weighted by Gasteiger charge is -2.36. The third kappa shape index (κ3) is 4.54. The zero-order valence-electron chi connectivity index (χ0n) is 17.4. The first-order valence-electron chi connectivity index (χ1n) is 10.4. The molecule has 162 valence electrons. The first-order chi connectivity index (χ1) is 15.1. The van der Waals surface area contributed by atoms with Crippen LogP contribution in [-0.2, 0) is 14.4 Å². The molecule has 1 atom stereocenters. The van der Waals surface area contributed by atoms with E-state index in [1.165, 1.54) is 23.8 Å². The highest BCUT2D eigenvalue weighted by Gasteiger charge is 2.41. The minimum Gasteiger partial charge on any atom is -0.495 e. The first-order valence-corrected chi connectivity index (χ1v) is 11.2. The van der Waals surface area contributed by atoms with E-state index in [1.54, 1.807) is 29.2 Å². The van der Waals surface area contributed by atoms with E-state index in [0.717, 1.165) is 24.2 Å². The number of fused-ring (bicyclic) bond motifs is 1. The number of piperidine rings is 1. The quantitative estimate of drug-likeness (QED) is 0.724. The number of thioether (sulfide) groups is 1. The van der Waals surface area contributed by atoms with Gasteiger partial charge in [-0.15, -0.1) is 11.8 Å². The van der Waals surface area contributed by atoms with Gasteiger partial charge in [-0.2, -0.15) is 0 Å². The molecule has 1 fully saturated rings. The second-order valence-electron chi connectivity index (χ2n) is 7.52. The summed E-state index contributed by atoms with van der Waals surface area (Å²) in [5.41, 5.74) is 1.18. The monoisotopic (exact) mass is 439 g/mol. The van der Waals surface area contributed by atoms with Crippen molar-refractivity contribution in [3.8, 4) is 5.75 Å². The number of amides is 3. The van der Waals surface area contributed by atoms with E-state index in [-0.39, 0.29) is 24.3 Å². The smallest absolute Gasteiger partial charge is 0.250 e. The van der Waals surface area contributed by atoms with Gasteiger partial charge in [0.15, 0.2) is 5.25 Å². The Morgan fingerprint density at radius 2 is 1.77 bits per heavy atom. The van der Waals surface area contributed by atoms with Gasteiger partial charge in [-0.3, -0.25) is 14.4 Å². The van der Waals surface area contributed by atoms with Gasteiger partial charge in [0.25, 0.3) is 5.91 Å². The summed E-state index contributed by atoms with van der Waals surface area (Å²) in [5.74, 6) is -0.340. The summed E-state index contributed by atoms with van der Waals surface area (Å²) in [4.78, 5) is 43.3. The molecule has 31 heavy (non-hydrogen) atoms. The normalized spacial score (nSPS) is 18.4.